The van der Waals surface area contributed by atoms with Crippen LogP contribution in [-0.4, -0.2) is 26.0 Å². The van der Waals surface area contributed by atoms with Crippen molar-refractivity contribution in [3.05, 3.63) is 0 Å². The van der Waals surface area contributed by atoms with Crippen LogP contribution in [0.1, 0.15) is 0 Å². The number of hydrogen-bond donors (Lipinski definition) is 3. The van der Waals surface area contributed by atoms with Crippen molar-refractivity contribution in [2.24, 2.45) is 0 Å². The Hall–Kier alpha value is -0.420. The Balaban J connectivity index is 2.97. The molecule has 0 aliphatic carbocycles. The van der Waals surface area contributed by atoms with Gasteiger partial charge in [-0.2, -0.15) is 0 Å². The molecule has 9 heavy (non-hydrogen) atoms. The molecule has 0 aromatic heterocycles. The summed E-state index contributed by atoms with van der Waals surface area (Å²) in [6, 6.07) is -0.155. The fraction of sp³-hybridized carbons (Fsp3) is 0.750. The van der Waals surface area contributed by atoms with Crippen LogP contribution >= 0.6 is 11.9 Å². The quantitative estimate of drug-likeness (QED) is 0.294. The van der Waals surface area contributed by atoms with Gasteiger partial charge in [-0.1, -0.05) is 11.9 Å². The van der Waals surface area contributed by atoms with Crippen molar-refractivity contribution in [1.29, 1.82) is 0 Å². The van der Waals surface area contributed by atoms with Crippen LogP contribution in [0, 0.1) is 0 Å². The average molecular weight is 149 g/mol. The number of carbonyl (C=O) groups is 1. The van der Waals surface area contributed by atoms with Crippen molar-refractivity contribution in [2.75, 3.05) is 20.0 Å². The van der Waals surface area contributed by atoms with Crippen molar-refractivity contribution >= 4 is 18.0 Å². The van der Waals surface area contributed by atoms with Gasteiger partial charge in [0.1, 0.15) is 0 Å². The maximum absolute atomic E-state index is 10.4. The third-order valence-corrected chi connectivity index (χ3v) is 1.25. The molecule has 54 valence electrons. The molecule has 5 heteroatoms. The Kier molecular flexibility index (Phi) is 5.45. The molecule has 4 nitrogen and oxygen atoms in total. The lowest BCUT2D eigenvalue weighted by molar-refractivity contribution is 0.244. The second kappa shape index (κ2) is 5.71. The molecule has 0 bridgehead atoms. The van der Waals surface area contributed by atoms with Gasteiger partial charge in [-0.15, -0.1) is 0 Å². The van der Waals surface area contributed by atoms with E-state index >= 15 is 0 Å². The minimum atomic E-state index is -0.155. The van der Waals surface area contributed by atoms with E-state index in [9.17, 15) is 4.79 Å². The Morgan fingerprint density at radius 3 is 2.67 bits per heavy atom. The zero-order chi connectivity index (χ0) is 7.11. The van der Waals surface area contributed by atoms with Crippen LogP contribution in [0.25, 0.3) is 0 Å². The first-order valence-corrected chi connectivity index (χ1v) is 3.54. The maximum Gasteiger partial charge on any atom is 0.315 e. The number of amides is 2. The predicted octanol–water partition coefficient (Wildman–Crippen LogP) is -0.260. The monoisotopic (exact) mass is 149 g/mol. The highest BCUT2D eigenvalue weighted by Crippen LogP contribution is 1.83. The molecule has 0 aromatic carbocycles. The van der Waals surface area contributed by atoms with Crippen LogP contribution < -0.4 is 15.4 Å². The standard InChI is InChI=1S/C4H11N3OS/c1-5-4(8)7-3-9-6-2/h6H,3H2,1-2H3,(H2,5,7,8). The molecule has 0 radical (unpaired) electrons. The van der Waals surface area contributed by atoms with Crippen molar-refractivity contribution in [1.82, 2.24) is 15.4 Å². The summed E-state index contributed by atoms with van der Waals surface area (Å²) in [5.74, 6) is 0.580. The molecule has 0 atom stereocenters. The number of nitrogens with one attached hydrogen (secondary N) is 3. The molecular weight excluding hydrogens is 138 g/mol. The molecule has 0 unspecified atom stereocenters. The molecule has 0 heterocycles. The zero-order valence-corrected chi connectivity index (χ0v) is 6.34. The zero-order valence-electron chi connectivity index (χ0n) is 5.52. The van der Waals surface area contributed by atoms with Crippen molar-refractivity contribution in [3.8, 4) is 0 Å². The third-order valence-electron chi connectivity index (χ3n) is 0.676. The van der Waals surface area contributed by atoms with Crippen LogP contribution in [0.4, 0.5) is 4.79 Å². The Bertz CT molecular complexity index is 87.9. The molecule has 0 rings (SSSR count). The highest BCUT2D eigenvalue weighted by atomic mass is 32.2. The van der Waals surface area contributed by atoms with E-state index in [1.165, 1.54) is 11.9 Å². The Labute approximate surface area is 58.9 Å². The smallest absolute Gasteiger partial charge is 0.315 e. The van der Waals surface area contributed by atoms with Gasteiger partial charge < -0.3 is 10.6 Å². The maximum atomic E-state index is 10.4. The summed E-state index contributed by atoms with van der Waals surface area (Å²) in [5.41, 5.74) is 0. The molecule has 0 saturated carbocycles. The first-order valence-electron chi connectivity index (χ1n) is 2.55. The number of hydrogen-bond acceptors (Lipinski definition) is 3. The lowest BCUT2D eigenvalue weighted by Gasteiger charge is -2.00. The molecule has 0 saturated heterocycles. The summed E-state index contributed by atoms with van der Waals surface area (Å²) in [5, 5.41) is 5.02. The molecular formula is C4H11N3OS. The molecule has 0 aromatic rings. The van der Waals surface area contributed by atoms with Gasteiger partial charge in [0.2, 0.25) is 0 Å². The second-order valence-electron chi connectivity index (χ2n) is 1.25. The van der Waals surface area contributed by atoms with Crippen LogP contribution in [0.3, 0.4) is 0 Å². The van der Waals surface area contributed by atoms with Crippen molar-refractivity contribution in [2.45, 2.75) is 0 Å². The second-order valence-corrected chi connectivity index (χ2v) is 2.23. The van der Waals surface area contributed by atoms with E-state index in [4.69, 9.17) is 0 Å². The first-order chi connectivity index (χ1) is 4.31. The van der Waals surface area contributed by atoms with Gasteiger partial charge in [0, 0.05) is 7.05 Å². The highest BCUT2D eigenvalue weighted by Gasteiger charge is 1.90. The third kappa shape index (κ3) is 5.45. The predicted molar refractivity (Wildman–Crippen MR) is 39.1 cm³/mol. The lowest BCUT2D eigenvalue weighted by Crippen LogP contribution is -2.32. The summed E-state index contributed by atoms with van der Waals surface area (Å²) in [4.78, 5) is 10.4. The van der Waals surface area contributed by atoms with Crippen LogP contribution in [0.2, 0.25) is 0 Å². The lowest BCUT2D eigenvalue weighted by atomic mass is 11.0. The summed E-state index contributed by atoms with van der Waals surface area (Å²) in [7, 11) is 3.38. The van der Waals surface area contributed by atoms with E-state index in [0.717, 1.165) is 0 Å². The van der Waals surface area contributed by atoms with E-state index in [-0.39, 0.29) is 6.03 Å². The normalized spacial score (nSPS) is 8.67. The topological polar surface area (TPSA) is 53.2 Å². The Morgan fingerprint density at radius 2 is 2.22 bits per heavy atom. The Morgan fingerprint density at radius 1 is 1.56 bits per heavy atom. The van der Waals surface area contributed by atoms with Crippen LogP contribution in [0.5, 0.6) is 0 Å². The summed E-state index contributed by atoms with van der Waals surface area (Å²) in [6.45, 7) is 0. The number of rotatable bonds is 3. The minimum Gasteiger partial charge on any atom is -0.341 e. The summed E-state index contributed by atoms with van der Waals surface area (Å²) >= 11 is 1.43. The van der Waals surface area contributed by atoms with E-state index < -0.39 is 0 Å². The van der Waals surface area contributed by atoms with E-state index in [2.05, 4.69) is 15.4 Å². The largest absolute Gasteiger partial charge is 0.341 e. The van der Waals surface area contributed by atoms with Crippen LogP contribution in [-0.2, 0) is 0 Å². The molecule has 2 amide bonds. The summed E-state index contributed by atoms with van der Waals surface area (Å²) < 4.78 is 2.82. The van der Waals surface area contributed by atoms with E-state index in [1.54, 1.807) is 14.1 Å². The fourth-order valence-electron chi connectivity index (χ4n) is 0.262. The highest BCUT2D eigenvalue weighted by molar-refractivity contribution is 7.97. The van der Waals surface area contributed by atoms with Gasteiger partial charge in [-0.05, 0) is 7.05 Å². The van der Waals surface area contributed by atoms with Gasteiger partial charge >= 0.3 is 6.03 Å². The SMILES string of the molecule is CNSCNC(=O)NC. The van der Waals surface area contributed by atoms with Gasteiger partial charge in [-0.3, -0.25) is 4.72 Å². The van der Waals surface area contributed by atoms with Crippen molar-refractivity contribution in [3.63, 3.8) is 0 Å². The minimum absolute atomic E-state index is 0.155. The molecule has 3 N–H and O–H groups in total. The van der Waals surface area contributed by atoms with Gasteiger partial charge in [0.25, 0.3) is 0 Å². The first kappa shape index (κ1) is 8.58. The molecule has 0 aliphatic heterocycles. The average Bonchev–Trinajstić information content (AvgIpc) is 1.89. The molecule has 0 spiro atoms. The van der Waals surface area contributed by atoms with Crippen LogP contribution in [0.15, 0.2) is 0 Å². The van der Waals surface area contributed by atoms with Gasteiger partial charge in [0.15, 0.2) is 0 Å². The van der Waals surface area contributed by atoms with E-state index in [0.29, 0.717) is 5.88 Å². The molecule has 0 aliphatic rings. The molecule has 0 fully saturated rings. The van der Waals surface area contributed by atoms with E-state index in [1.807, 2.05) is 0 Å². The van der Waals surface area contributed by atoms with Gasteiger partial charge in [0.05, 0.1) is 5.88 Å². The van der Waals surface area contributed by atoms with Gasteiger partial charge in [-0.25, -0.2) is 4.79 Å². The summed E-state index contributed by atoms with van der Waals surface area (Å²) in [6.07, 6.45) is 0. The number of carbonyl (C=O) groups excluding carboxylic acids is 1. The number of urea groups is 1. The fourth-order valence-corrected chi connectivity index (χ4v) is 0.610. The van der Waals surface area contributed by atoms with Crippen molar-refractivity contribution < 1.29 is 4.79 Å².